The predicted molar refractivity (Wildman–Crippen MR) is 68.2 cm³/mol. The highest BCUT2D eigenvalue weighted by atomic mass is 19.1. The first-order valence-corrected chi connectivity index (χ1v) is 5.86. The third kappa shape index (κ3) is 3.68. The predicted octanol–water partition coefficient (Wildman–Crippen LogP) is 2.26. The minimum Gasteiger partial charge on any atom is -0.396 e. The molecule has 3 nitrogen and oxygen atoms in total. The molecule has 1 unspecified atom stereocenters. The molecule has 0 fully saturated rings. The second-order valence-electron chi connectivity index (χ2n) is 4.18. The molecule has 1 aromatic rings. The maximum atomic E-state index is 13.3. The van der Waals surface area contributed by atoms with Gasteiger partial charge in [0.1, 0.15) is 5.82 Å². The topological polar surface area (TPSA) is 38.5 Å². The fourth-order valence-electron chi connectivity index (χ4n) is 1.86. The Morgan fingerprint density at radius 3 is 2.76 bits per heavy atom. The lowest BCUT2D eigenvalue weighted by Gasteiger charge is -2.27. The van der Waals surface area contributed by atoms with Crippen LogP contribution in [0, 0.1) is 5.82 Å². The highest BCUT2D eigenvalue weighted by Crippen LogP contribution is 2.18. The first kappa shape index (κ1) is 13.9. The third-order valence-corrected chi connectivity index (χ3v) is 2.95. The number of nitrogens with zero attached hydrogens (tertiary/aromatic N) is 1. The molecule has 0 amide bonds. The Morgan fingerprint density at radius 2 is 2.18 bits per heavy atom. The second kappa shape index (κ2) is 6.57. The van der Waals surface area contributed by atoms with Crippen LogP contribution in [0.4, 0.5) is 10.1 Å². The van der Waals surface area contributed by atoms with Crippen LogP contribution in [0.25, 0.3) is 0 Å². The molecule has 0 radical (unpaired) electrons. The molecular weight excluding hydrogens is 219 g/mol. The van der Waals surface area contributed by atoms with Crippen LogP contribution in [0.1, 0.15) is 19.4 Å². The molecule has 1 aromatic carbocycles. The van der Waals surface area contributed by atoms with Crippen molar-refractivity contribution in [3.05, 3.63) is 29.6 Å². The first-order valence-electron chi connectivity index (χ1n) is 5.86. The van der Waals surface area contributed by atoms with Crippen molar-refractivity contribution in [1.82, 2.24) is 4.90 Å². The standard InChI is InChI=1S/C13H21FN2O/c1-4-16(10(2)9-17-3)8-11-6-5-7-12(14)13(11)15/h5-7,10H,4,8-9,15H2,1-3H3. The van der Waals surface area contributed by atoms with Gasteiger partial charge in [0.05, 0.1) is 12.3 Å². The molecule has 96 valence electrons. The van der Waals surface area contributed by atoms with E-state index in [1.807, 2.05) is 6.07 Å². The second-order valence-corrected chi connectivity index (χ2v) is 4.18. The summed E-state index contributed by atoms with van der Waals surface area (Å²) in [5.74, 6) is -0.349. The van der Waals surface area contributed by atoms with E-state index in [0.29, 0.717) is 13.2 Å². The van der Waals surface area contributed by atoms with Crippen LogP contribution >= 0.6 is 0 Å². The van der Waals surface area contributed by atoms with Gasteiger partial charge in [0.2, 0.25) is 0 Å². The van der Waals surface area contributed by atoms with E-state index in [2.05, 4.69) is 18.7 Å². The van der Waals surface area contributed by atoms with E-state index < -0.39 is 0 Å². The van der Waals surface area contributed by atoms with Gasteiger partial charge in [-0.3, -0.25) is 4.90 Å². The molecule has 0 aliphatic rings. The Labute approximate surface area is 102 Å². The summed E-state index contributed by atoms with van der Waals surface area (Å²) in [6, 6.07) is 5.22. The molecule has 0 aliphatic carbocycles. The highest BCUT2D eigenvalue weighted by molar-refractivity contribution is 5.47. The molecule has 4 heteroatoms. The van der Waals surface area contributed by atoms with Gasteiger partial charge in [0.15, 0.2) is 0 Å². The van der Waals surface area contributed by atoms with E-state index in [9.17, 15) is 4.39 Å². The number of likely N-dealkylation sites (N-methyl/N-ethyl adjacent to an activating group) is 1. The van der Waals surface area contributed by atoms with Gasteiger partial charge >= 0.3 is 0 Å². The van der Waals surface area contributed by atoms with Gasteiger partial charge in [-0.05, 0) is 25.1 Å². The number of hydrogen-bond donors (Lipinski definition) is 1. The summed E-state index contributed by atoms with van der Waals surface area (Å²) in [5, 5.41) is 0. The van der Waals surface area contributed by atoms with Gasteiger partial charge in [-0.1, -0.05) is 19.1 Å². The quantitative estimate of drug-likeness (QED) is 0.775. The molecular formula is C13H21FN2O. The molecule has 1 atom stereocenters. The number of rotatable bonds is 6. The number of benzene rings is 1. The molecule has 0 saturated carbocycles. The molecule has 17 heavy (non-hydrogen) atoms. The van der Waals surface area contributed by atoms with Crippen LogP contribution in [0.3, 0.4) is 0 Å². The van der Waals surface area contributed by atoms with Crippen molar-refractivity contribution in [2.24, 2.45) is 0 Å². The van der Waals surface area contributed by atoms with E-state index in [1.54, 1.807) is 13.2 Å². The summed E-state index contributed by atoms with van der Waals surface area (Å²) in [7, 11) is 1.68. The normalized spacial score (nSPS) is 13.0. The number of ether oxygens (including phenoxy) is 1. The maximum absolute atomic E-state index is 13.3. The van der Waals surface area contributed by atoms with Crippen molar-refractivity contribution in [3.8, 4) is 0 Å². The van der Waals surface area contributed by atoms with Crippen molar-refractivity contribution in [2.45, 2.75) is 26.4 Å². The highest BCUT2D eigenvalue weighted by Gasteiger charge is 2.14. The largest absolute Gasteiger partial charge is 0.396 e. The Bertz CT molecular complexity index is 357. The zero-order valence-corrected chi connectivity index (χ0v) is 10.7. The Balaban J connectivity index is 2.77. The minimum absolute atomic E-state index is 0.246. The number of methoxy groups -OCH3 is 1. The summed E-state index contributed by atoms with van der Waals surface area (Å²) >= 11 is 0. The van der Waals surface area contributed by atoms with Crippen LogP contribution in [-0.2, 0) is 11.3 Å². The fourth-order valence-corrected chi connectivity index (χ4v) is 1.86. The zero-order valence-electron chi connectivity index (χ0n) is 10.7. The van der Waals surface area contributed by atoms with Gasteiger partial charge in [-0.2, -0.15) is 0 Å². The number of nitrogen functional groups attached to an aromatic ring is 1. The van der Waals surface area contributed by atoms with E-state index in [1.165, 1.54) is 6.07 Å². The first-order chi connectivity index (χ1) is 8.10. The number of halogens is 1. The molecule has 0 saturated heterocycles. The Kier molecular flexibility index (Phi) is 5.38. The lowest BCUT2D eigenvalue weighted by molar-refractivity contribution is 0.0983. The van der Waals surface area contributed by atoms with Crippen LogP contribution in [0.2, 0.25) is 0 Å². The van der Waals surface area contributed by atoms with Crippen molar-refractivity contribution in [3.63, 3.8) is 0 Å². The minimum atomic E-state index is -0.349. The van der Waals surface area contributed by atoms with E-state index in [0.717, 1.165) is 12.1 Å². The zero-order chi connectivity index (χ0) is 12.8. The van der Waals surface area contributed by atoms with Crippen LogP contribution in [-0.4, -0.2) is 31.2 Å². The molecule has 0 heterocycles. The summed E-state index contributed by atoms with van der Waals surface area (Å²) in [6.45, 7) is 6.33. The molecule has 0 aromatic heterocycles. The Hall–Kier alpha value is -1.13. The van der Waals surface area contributed by atoms with Gasteiger partial charge < -0.3 is 10.5 Å². The average Bonchev–Trinajstić information content (AvgIpc) is 2.31. The van der Waals surface area contributed by atoms with Crippen LogP contribution in [0.15, 0.2) is 18.2 Å². The molecule has 1 rings (SSSR count). The SMILES string of the molecule is CCN(Cc1cccc(F)c1N)C(C)COC. The lowest BCUT2D eigenvalue weighted by Crippen LogP contribution is -2.35. The van der Waals surface area contributed by atoms with E-state index in [-0.39, 0.29) is 17.5 Å². The third-order valence-electron chi connectivity index (χ3n) is 2.95. The summed E-state index contributed by atoms with van der Waals surface area (Å²) < 4.78 is 18.4. The van der Waals surface area contributed by atoms with Crippen LogP contribution < -0.4 is 5.73 Å². The Morgan fingerprint density at radius 1 is 1.47 bits per heavy atom. The van der Waals surface area contributed by atoms with Gasteiger partial charge in [0.25, 0.3) is 0 Å². The average molecular weight is 240 g/mol. The number of anilines is 1. The fraction of sp³-hybridized carbons (Fsp3) is 0.538. The molecule has 0 aliphatic heterocycles. The molecule has 2 N–H and O–H groups in total. The van der Waals surface area contributed by atoms with Gasteiger partial charge in [0, 0.05) is 19.7 Å². The van der Waals surface area contributed by atoms with Gasteiger partial charge in [-0.15, -0.1) is 0 Å². The van der Waals surface area contributed by atoms with Crippen molar-refractivity contribution in [2.75, 3.05) is 26.0 Å². The smallest absolute Gasteiger partial charge is 0.146 e. The lowest BCUT2D eigenvalue weighted by atomic mass is 10.1. The van der Waals surface area contributed by atoms with Gasteiger partial charge in [-0.25, -0.2) is 4.39 Å². The van der Waals surface area contributed by atoms with E-state index >= 15 is 0 Å². The van der Waals surface area contributed by atoms with Crippen molar-refractivity contribution in [1.29, 1.82) is 0 Å². The monoisotopic (exact) mass is 240 g/mol. The summed E-state index contributed by atoms with van der Waals surface area (Å²) in [4.78, 5) is 2.20. The maximum Gasteiger partial charge on any atom is 0.146 e. The number of nitrogens with two attached hydrogens (primary N) is 1. The molecule has 0 bridgehead atoms. The summed E-state index contributed by atoms with van der Waals surface area (Å²) in [6.07, 6.45) is 0. The summed E-state index contributed by atoms with van der Waals surface area (Å²) in [5.41, 5.74) is 6.80. The number of hydrogen-bond acceptors (Lipinski definition) is 3. The van der Waals surface area contributed by atoms with Crippen LogP contribution in [0.5, 0.6) is 0 Å². The van der Waals surface area contributed by atoms with E-state index in [4.69, 9.17) is 10.5 Å². The molecule has 0 spiro atoms. The van der Waals surface area contributed by atoms with Crippen molar-refractivity contribution >= 4 is 5.69 Å². The van der Waals surface area contributed by atoms with Crippen molar-refractivity contribution < 1.29 is 9.13 Å². The number of para-hydroxylation sites is 1.